The lowest BCUT2D eigenvalue weighted by molar-refractivity contribution is -0.158. The standard InChI is InChI=1S/C25H29BrO8/c1-25(2)32-14-17(34-25)10-15-6-8-20(19(26)12-15)33-22-13-16(7-9-21(22)29-3)11-18(23(27)30-4)24(28)31-5/h6-9,12-13,17-18H,10-11,14H2,1-5H3. The number of hydrogen-bond acceptors (Lipinski definition) is 8. The summed E-state index contributed by atoms with van der Waals surface area (Å²) in [5.74, 6) is -1.43. The first-order valence-electron chi connectivity index (χ1n) is 10.8. The van der Waals surface area contributed by atoms with Crippen LogP contribution in [0.5, 0.6) is 17.2 Å². The summed E-state index contributed by atoms with van der Waals surface area (Å²) in [7, 11) is 4.00. The lowest BCUT2D eigenvalue weighted by Gasteiger charge is -2.17. The largest absolute Gasteiger partial charge is 0.493 e. The first-order chi connectivity index (χ1) is 16.2. The molecule has 1 atom stereocenters. The van der Waals surface area contributed by atoms with Crippen LogP contribution in [0, 0.1) is 5.92 Å². The van der Waals surface area contributed by atoms with Crippen LogP contribution in [0.25, 0.3) is 0 Å². The lowest BCUT2D eigenvalue weighted by atomic mass is 9.99. The summed E-state index contributed by atoms with van der Waals surface area (Å²) >= 11 is 3.58. The molecule has 2 aromatic carbocycles. The SMILES string of the molecule is COC(=O)C(Cc1ccc(OC)c(Oc2ccc(CC3COC(C)(C)O3)cc2Br)c1)C(=O)OC. The second-order valence-corrected chi connectivity index (χ2v) is 9.16. The van der Waals surface area contributed by atoms with Gasteiger partial charge >= 0.3 is 11.9 Å². The minimum Gasteiger partial charge on any atom is -0.493 e. The second-order valence-electron chi connectivity index (χ2n) is 8.31. The molecule has 1 aliphatic rings. The van der Waals surface area contributed by atoms with E-state index in [2.05, 4.69) is 15.9 Å². The van der Waals surface area contributed by atoms with E-state index in [-0.39, 0.29) is 12.5 Å². The molecule has 0 saturated carbocycles. The number of carbonyl (C=O) groups is 2. The highest BCUT2D eigenvalue weighted by molar-refractivity contribution is 9.10. The van der Waals surface area contributed by atoms with E-state index in [4.69, 9.17) is 28.4 Å². The number of benzene rings is 2. The Morgan fingerprint density at radius 3 is 2.21 bits per heavy atom. The van der Waals surface area contributed by atoms with Crippen LogP contribution in [-0.4, -0.2) is 51.8 Å². The van der Waals surface area contributed by atoms with Gasteiger partial charge in [0.2, 0.25) is 0 Å². The van der Waals surface area contributed by atoms with E-state index in [1.54, 1.807) is 18.2 Å². The Kier molecular flexibility index (Phi) is 8.57. The number of rotatable bonds is 9. The van der Waals surface area contributed by atoms with Gasteiger partial charge < -0.3 is 28.4 Å². The van der Waals surface area contributed by atoms with Crippen LogP contribution in [-0.2, 0) is 41.4 Å². The fraction of sp³-hybridized carbons (Fsp3) is 0.440. The fourth-order valence-electron chi connectivity index (χ4n) is 3.71. The van der Waals surface area contributed by atoms with E-state index >= 15 is 0 Å². The van der Waals surface area contributed by atoms with Gasteiger partial charge in [0, 0.05) is 6.42 Å². The minimum absolute atomic E-state index is 0.0111. The molecular weight excluding hydrogens is 508 g/mol. The van der Waals surface area contributed by atoms with Crippen LogP contribution in [0.15, 0.2) is 40.9 Å². The molecule has 0 radical (unpaired) electrons. The number of hydrogen-bond donors (Lipinski definition) is 0. The van der Waals surface area contributed by atoms with E-state index in [9.17, 15) is 9.59 Å². The van der Waals surface area contributed by atoms with Gasteiger partial charge in [0.25, 0.3) is 0 Å². The van der Waals surface area contributed by atoms with E-state index in [1.807, 2.05) is 32.0 Å². The molecule has 34 heavy (non-hydrogen) atoms. The van der Waals surface area contributed by atoms with E-state index in [1.165, 1.54) is 21.3 Å². The number of methoxy groups -OCH3 is 3. The highest BCUT2D eigenvalue weighted by atomic mass is 79.9. The molecule has 3 rings (SSSR count). The van der Waals surface area contributed by atoms with Gasteiger partial charge in [-0.15, -0.1) is 0 Å². The van der Waals surface area contributed by atoms with Crippen LogP contribution < -0.4 is 9.47 Å². The Labute approximate surface area is 207 Å². The summed E-state index contributed by atoms with van der Waals surface area (Å²) in [4.78, 5) is 24.1. The molecule has 0 N–H and O–H groups in total. The van der Waals surface area contributed by atoms with Gasteiger partial charge in [-0.05, 0) is 71.6 Å². The van der Waals surface area contributed by atoms with Crippen molar-refractivity contribution in [3.05, 3.63) is 52.0 Å². The quantitative estimate of drug-likeness (QED) is 0.343. The third-order valence-corrected chi connectivity index (χ3v) is 6.01. The average Bonchev–Trinajstić information content (AvgIpc) is 3.16. The first-order valence-corrected chi connectivity index (χ1v) is 11.6. The summed E-state index contributed by atoms with van der Waals surface area (Å²) in [6.07, 6.45) is 0.798. The van der Waals surface area contributed by atoms with Crippen molar-refractivity contribution >= 4 is 27.9 Å². The molecule has 0 amide bonds. The highest BCUT2D eigenvalue weighted by Gasteiger charge is 2.32. The molecule has 1 unspecified atom stereocenters. The van der Waals surface area contributed by atoms with E-state index in [0.717, 1.165) is 10.0 Å². The van der Waals surface area contributed by atoms with Crippen molar-refractivity contribution in [1.29, 1.82) is 0 Å². The molecule has 2 aromatic rings. The van der Waals surface area contributed by atoms with Gasteiger partial charge in [0.05, 0.1) is 38.5 Å². The van der Waals surface area contributed by atoms with Gasteiger partial charge in [-0.2, -0.15) is 0 Å². The van der Waals surface area contributed by atoms with Crippen molar-refractivity contribution in [3.63, 3.8) is 0 Å². The first kappa shape index (κ1) is 26.0. The van der Waals surface area contributed by atoms with Crippen LogP contribution in [0.3, 0.4) is 0 Å². The Bertz CT molecular complexity index is 1020. The minimum atomic E-state index is -1.07. The molecule has 0 aliphatic carbocycles. The summed E-state index contributed by atoms with van der Waals surface area (Å²) in [6.45, 7) is 4.35. The molecule has 1 heterocycles. The fourth-order valence-corrected chi connectivity index (χ4v) is 4.22. The molecule has 8 nitrogen and oxygen atoms in total. The highest BCUT2D eigenvalue weighted by Crippen LogP contribution is 2.37. The Morgan fingerprint density at radius 2 is 1.65 bits per heavy atom. The maximum atomic E-state index is 12.0. The van der Waals surface area contributed by atoms with Crippen LogP contribution >= 0.6 is 15.9 Å². The third-order valence-electron chi connectivity index (χ3n) is 5.39. The monoisotopic (exact) mass is 536 g/mol. The van der Waals surface area contributed by atoms with Gasteiger partial charge in [-0.3, -0.25) is 9.59 Å². The average molecular weight is 537 g/mol. The number of carbonyl (C=O) groups excluding carboxylic acids is 2. The van der Waals surface area contributed by atoms with E-state index < -0.39 is 23.6 Å². The third kappa shape index (κ3) is 6.49. The van der Waals surface area contributed by atoms with Crippen molar-refractivity contribution < 1.29 is 38.0 Å². The molecule has 0 aromatic heterocycles. The topological polar surface area (TPSA) is 89.5 Å². The predicted molar refractivity (Wildman–Crippen MR) is 127 cm³/mol. The number of esters is 2. The molecule has 184 valence electrons. The number of ether oxygens (including phenoxy) is 6. The molecule has 9 heteroatoms. The van der Waals surface area contributed by atoms with Crippen molar-refractivity contribution in [2.75, 3.05) is 27.9 Å². The summed E-state index contributed by atoms with van der Waals surface area (Å²) in [5, 5.41) is 0. The van der Waals surface area contributed by atoms with Crippen LogP contribution in [0.1, 0.15) is 25.0 Å². The molecular formula is C25H29BrO8. The zero-order valence-corrected chi connectivity index (χ0v) is 21.5. The van der Waals surface area contributed by atoms with Gasteiger partial charge in [0.1, 0.15) is 5.75 Å². The van der Waals surface area contributed by atoms with Crippen molar-refractivity contribution in [3.8, 4) is 17.2 Å². The predicted octanol–water partition coefficient (Wildman–Crippen LogP) is 4.45. The lowest BCUT2D eigenvalue weighted by Crippen LogP contribution is -2.28. The summed E-state index contributed by atoms with van der Waals surface area (Å²) < 4.78 is 33.3. The number of halogens is 1. The second kappa shape index (κ2) is 11.2. The Hall–Kier alpha value is -2.62. The summed E-state index contributed by atoms with van der Waals surface area (Å²) in [6, 6.07) is 11.0. The Morgan fingerprint density at radius 1 is 1.00 bits per heavy atom. The zero-order valence-electron chi connectivity index (χ0n) is 19.9. The molecule has 1 fully saturated rings. The maximum absolute atomic E-state index is 12.0. The van der Waals surface area contributed by atoms with Crippen molar-refractivity contribution in [2.45, 2.75) is 38.6 Å². The Balaban J connectivity index is 1.77. The van der Waals surface area contributed by atoms with Crippen molar-refractivity contribution in [2.24, 2.45) is 5.92 Å². The normalized spacial score (nSPS) is 16.9. The smallest absolute Gasteiger partial charge is 0.320 e. The van der Waals surface area contributed by atoms with Crippen molar-refractivity contribution in [1.82, 2.24) is 0 Å². The molecule has 0 bridgehead atoms. The molecule has 1 saturated heterocycles. The zero-order chi connectivity index (χ0) is 24.9. The van der Waals surface area contributed by atoms with Crippen LogP contribution in [0.2, 0.25) is 0 Å². The van der Waals surface area contributed by atoms with Gasteiger partial charge in [0.15, 0.2) is 23.2 Å². The summed E-state index contributed by atoms with van der Waals surface area (Å²) in [5.41, 5.74) is 1.76. The van der Waals surface area contributed by atoms with Gasteiger partial charge in [-0.1, -0.05) is 12.1 Å². The molecule has 0 spiro atoms. The van der Waals surface area contributed by atoms with Crippen LogP contribution in [0.4, 0.5) is 0 Å². The van der Waals surface area contributed by atoms with E-state index in [0.29, 0.717) is 35.8 Å². The maximum Gasteiger partial charge on any atom is 0.320 e. The van der Waals surface area contributed by atoms with Gasteiger partial charge in [-0.25, -0.2) is 0 Å². The molecule has 1 aliphatic heterocycles.